The van der Waals surface area contributed by atoms with Crippen LogP contribution in [0.15, 0.2) is 170 Å². The molecule has 0 atom stereocenters. The molecular weight excluding hydrogens is 591 g/mol. The zero-order valence-corrected chi connectivity index (χ0v) is 28.1. The third kappa shape index (κ3) is 5.19. The van der Waals surface area contributed by atoms with Gasteiger partial charge in [0.25, 0.3) is 0 Å². The number of rotatable bonds is 5. The van der Waals surface area contributed by atoms with Crippen LogP contribution >= 0.6 is 0 Å². The number of hydrogen-bond donors (Lipinski definition) is 0. The van der Waals surface area contributed by atoms with Gasteiger partial charge in [-0.25, -0.2) is 0 Å². The summed E-state index contributed by atoms with van der Waals surface area (Å²) in [5.41, 5.74) is 15.1. The lowest BCUT2D eigenvalue weighted by molar-refractivity contribution is 0.590. The average Bonchev–Trinajstić information content (AvgIpc) is 3.14. The van der Waals surface area contributed by atoms with Crippen molar-refractivity contribution < 1.29 is 0 Å². The summed E-state index contributed by atoms with van der Waals surface area (Å²) < 4.78 is 0. The standard InChI is InChI=1S/C48H37N/c1-48(2,3)40-15-10-16-42(31-40)49(41-22-19-34(20-23-41)32-11-6-4-7-12-32)43-24-21-37-28-45-46-29-38-25-35(33-13-8-5-9-14-33)17-18-36(38)27-44(46)47(45)30-39(37)26-43/h4-31H,1-3H3. The van der Waals surface area contributed by atoms with E-state index in [0.29, 0.717) is 0 Å². The second-order valence-corrected chi connectivity index (χ2v) is 14.3. The lowest BCUT2D eigenvalue weighted by atomic mass is 9.77. The van der Waals surface area contributed by atoms with Crippen molar-refractivity contribution in [3.8, 4) is 44.5 Å². The first kappa shape index (κ1) is 29.2. The first-order chi connectivity index (χ1) is 23.9. The third-order valence-corrected chi connectivity index (χ3v) is 10.1. The van der Waals surface area contributed by atoms with E-state index >= 15 is 0 Å². The number of fused-ring (bicyclic) bond motifs is 6. The predicted octanol–water partition coefficient (Wildman–Crippen LogP) is 13.7. The van der Waals surface area contributed by atoms with E-state index in [0.717, 1.165) is 17.1 Å². The van der Waals surface area contributed by atoms with E-state index in [-0.39, 0.29) is 5.41 Å². The minimum absolute atomic E-state index is 0.0468. The molecule has 1 aliphatic rings. The molecule has 0 spiro atoms. The molecule has 1 heteroatoms. The first-order valence-electron chi connectivity index (χ1n) is 17.2. The molecular formula is C48H37N. The van der Waals surface area contributed by atoms with Gasteiger partial charge in [-0.15, -0.1) is 0 Å². The lowest BCUT2D eigenvalue weighted by Gasteiger charge is -2.29. The molecule has 0 saturated heterocycles. The Morgan fingerprint density at radius 1 is 0.327 bits per heavy atom. The van der Waals surface area contributed by atoms with E-state index in [1.54, 1.807) is 0 Å². The largest absolute Gasteiger partial charge is 0.310 e. The summed E-state index contributed by atoms with van der Waals surface area (Å²) in [5, 5.41) is 5.07. The molecule has 0 amide bonds. The average molecular weight is 628 g/mol. The van der Waals surface area contributed by atoms with Gasteiger partial charge in [0.05, 0.1) is 0 Å². The first-order valence-corrected chi connectivity index (χ1v) is 17.2. The van der Waals surface area contributed by atoms with E-state index in [1.807, 2.05) is 0 Å². The van der Waals surface area contributed by atoms with Gasteiger partial charge in [0.15, 0.2) is 0 Å². The molecule has 49 heavy (non-hydrogen) atoms. The number of anilines is 3. The zero-order chi connectivity index (χ0) is 33.1. The van der Waals surface area contributed by atoms with Gasteiger partial charge in [-0.2, -0.15) is 0 Å². The Morgan fingerprint density at radius 3 is 1.41 bits per heavy atom. The molecule has 0 fully saturated rings. The van der Waals surface area contributed by atoms with Gasteiger partial charge in [0.2, 0.25) is 0 Å². The molecule has 0 radical (unpaired) electrons. The van der Waals surface area contributed by atoms with Crippen LogP contribution in [0.5, 0.6) is 0 Å². The van der Waals surface area contributed by atoms with Crippen LogP contribution < -0.4 is 4.90 Å². The fourth-order valence-electron chi connectivity index (χ4n) is 7.35. The highest BCUT2D eigenvalue weighted by Crippen LogP contribution is 2.51. The molecule has 0 aliphatic heterocycles. The molecule has 0 N–H and O–H groups in total. The fourth-order valence-corrected chi connectivity index (χ4v) is 7.35. The van der Waals surface area contributed by atoms with Crippen LogP contribution in [0.4, 0.5) is 17.1 Å². The van der Waals surface area contributed by atoms with Crippen molar-refractivity contribution in [2.45, 2.75) is 26.2 Å². The topological polar surface area (TPSA) is 3.24 Å². The second-order valence-electron chi connectivity index (χ2n) is 14.3. The Labute approximate surface area is 288 Å². The molecule has 8 aromatic carbocycles. The summed E-state index contributed by atoms with van der Waals surface area (Å²) in [6.45, 7) is 6.84. The van der Waals surface area contributed by atoms with Crippen molar-refractivity contribution in [2.24, 2.45) is 0 Å². The lowest BCUT2D eigenvalue weighted by Crippen LogP contribution is -2.14. The number of hydrogen-bond acceptors (Lipinski definition) is 1. The van der Waals surface area contributed by atoms with Gasteiger partial charge in [-0.3, -0.25) is 0 Å². The molecule has 0 heterocycles. The summed E-state index contributed by atoms with van der Waals surface area (Å²) in [6.07, 6.45) is 0. The molecule has 8 aromatic rings. The van der Waals surface area contributed by atoms with E-state index in [2.05, 4.69) is 196 Å². The second kappa shape index (κ2) is 11.4. The SMILES string of the molecule is CC(C)(C)c1cccc(N(c2ccc(-c3ccccc3)cc2)c2ccc3cc4c(cc3c2)-c2cc3ccc(-c5ccccc5)cc3cc2-4)c1. The highest BCUT2D eigenvalue weighted by atomic mass is 15.1. The van der Waals surface area contributed by atoms with Crippen LogP contribution in [0.1, 0.15) is 26.3 Å². The van der Waals surface area contributed by atoms with Crippen molar-refractivity contribution >= 4 is 38.6 Å². The smallest absolute Gasteiger partial charge is 0.0468 e. The monoisotopic (exact) mass is 627 g/mol. The minimum Gasteiger partial charge on any atom is -0.310 e. The van der Waals surface area contributed by atoms with Crippen LogP contribution in [0.3, 0.4) is 0 Å². The fraction of sp³-hybridized carbons (Fsp3) is 0.0833. The van der Waals surface area contributed by atoms with Crippen molar-refractivity contribution in [3.05, 3.63) is 175 Å². The Balaban J connectivity index is 1.12. The van der Waals surface area contributed by atoms with Gasteiger partial charge in [-0.1, -0.05) is 124 Å². The van der Waals surface area contributed by atoms with Crippen LogP contribution in [-0.4, -0.2) is 0 Å². The molecule has 1 aliphatic carbocycles. The maximum absolute atomic E-state index is 2.40. The predicted molar refractivity (Wildman–Crippen MR) is 210 cm³/mol. The molecule has 0 bridgehead atoms. The van der Waals surface area contributed by atoms with Gasteiger partial charge in [0.1, 0.15) is 0 Å². The summed E-state index contributed by atoms with van der Waals surface area (Å²) in [7, 11) is 0. The van der Waals surface area contributed by atoms with Gasteiger partial charge < -0.3 is 4.90 Å². The van der Waals surface area contributed by atoms with E-state index < -0.39 is 0 Å². The Hall–Kier alpha value is -5.92. The Morgan fingerprint density at radius 2 is 0.796 bits per heavy atom. The summed E-state index contributed by atoms with van der Waals surface area (Å²) in [5.74, 6) is 0. The van der Waals surface area contributed by atoms with Crippen LogP contribution in [0.2, 0.25) is 0 Å². The van der Waals surface area contributed by atoms with E-state index in [4.69, 9.17) is 0 Å². The normalized spacial score (nSPS) is 12.0. The zero-order valence-electron chi connectivity index (χ0n) is 28.1. The van der Waals surface area contributed by atoms with E-state index in [1.165, 1.54) is 71.6 Å². The highest BCUT2D eigenvalue weighted by Gasteiger charge is 2.25. The van der Waals surface area contributed by atoms with Crippen LogP contribution in [0, 0.1) is 0 Å². The Bertz CT molecular complexity index is 2500. The number of benzene rings is 8. The van der Waals surface area contributed by atoms with Crippen molar-refractivity contribution in [1.29, 1.82) is 0 Å². The molecule has 9 rings (SSSR count). The van der Waals surface area contributed by atoms with Crippen molar-refractivity contribution in [1.82, 2.24) is 0 Å². The van der Waals surface area contributed by atoms with Crippen molar-refractivity contribution in [3.63, 3.8) is 0 Å². The van der Waals surface area contributed by atoms with E-state index in [9.17, 15) is 0 Å². The van der Waals surface area contributed by atoms with Gasteiger partial charge in [-0.05, 0) is 144 Å². The summed E-state index contributed by atoms with van der Waals surface area (Å²) >= 11 is 0. The maximum atomic E-state index is 2.40. The molecule has 0 unspecified atom stereocenters. The van der Waals surface area contributed by atoms with Crippen LogP contribution in [0.25, 0.3) is 66.1 Å². The maximum Gasteiger partial charge on any atom is 0.0468 e. The quantitative estimate of drug-likeness (QED) is 0.183. The van der Waals surface area contributed by atoms with Crippen molar-refractivity contribution in [2.75, 3.05) is 4.90 Å². The number of nitrogens with zero attached hydrogens (tertiary/aromatic N) is 1. The third-order valence-electron chi connectivity index (χ3n) is 10.1. The van der Waals surface area contributed by atoms with Crippen LogP contribution in [-0.2, 0) is 5.41 Å². The van der Waals surface area contributed by atoms with Gasteiger partial charge >= 0.3 is 0 Å². The molecule has 0 saturated carbocycles. The molecule has 234 valence electrons. The summed E-state index contributed by atoms with van der Waals surface area (Å²) in [6, 6.07) is 62.5. The minimum atomic E-state index is 0.0468. The Kier molecular flexibility index (Phi) is 6.78. The molecule has 1 nitrogen and oxygen atoms in total. The highest BCUT2D eigenvalue weighted by molar-refractivity contribution is 6.12. The molecule has 0 aromatic heterocycles. The summed E-state index contributed by atoms with van der Waals surface area (Å²) in [4.78, 5) is 2.40. The van der Waals surface area contributed by atoms with Gasteiger partial charge in [0, 0.05) is 17.1 Å².